The number of unbranched alkanes of at least 4 members (excludes halogenated alkanes) is 1. The van der Waals surface area contributed by atoms with Crippen LogP contribution in [0.5, 0.6) is 0 Å². The van der Waals surface area contributed by atoms with E-state index in [9.17, 15) is 9.59 Å². The Morgan fingerprint density at radius 2 is 2.00 bits per heavy atom. The van der Waals surface area contributed by atoms with Crippen molar-refractivity contribution in [3.05, 3.63) is 24.8 Å². The van der Waals surface area contributed by atoms with Crippen LogP contribution in [0.4, 0.5) is 0 Å². The quantitative estimate of drug-likeness (QED) is 0.395. The smallest absolute Gasteiger partial charge is 0.335 e. The second-order valence-electron chi connectivity index (χ2n) is 3.60. The Bertz CT molecular complexity index is 357. The van der Waals surface area contributed by atoms with E-state index in [1.54, 1.807) is 0 Å². The van der Waals surface area contributed by atoms with Crippen LogP contribution >= 0.6 is 0 Å². The minimum absolute atomic E-state index is 0.132. The van der Waals surface area contributed by atoms with Crippen LogP contribution in [-0.2, 0) is 19.1 Å². The summed E-state index contributed by atoms with van der Waals surface area (Å²) in [7, 11) is 0. The van der Waals surface area contributed by atoms with Crippen molar-refractivity contribution in [1.82, 2.24) is 0 Å². The van der Waals surface area contributed by atoms with Crippen molar-refractivity contribution in [2.75, 3.05) is 19.8 Å². The highest BCUT2D eigenvalue weighted by Crippen LogP contribution is 1.98. The summed E-state index contributed by atoms with van der Waals surface area (Å²) in [5.41, 5.74) is 0.295. The summed E-state index contributed by atoms with van der Waals surface area (Å²) in [5, 5.41) is 15.8. The zero-order chi connectivity index (χ0) is 15.8. The molecule has 0 amide bonds. The Balaban J connectivity index is 0. The van der Waals surface area contributed by atoms with E-state index < -0.39 is 11.9 Å². The van der Waals surface area contributed by atoms with Crippen LogP contribution in [0.2, 0.25) is 0 Å². The zero-order valence-corrected chi connectivity index (χ0v) is 11.8. The maximum atomic E-state index is 11.2. The molecular weight excluding hydrogens is 262 g/mol. The number of carbonyl (C=O) groups excluding carboxylic acids is 1. The number of rotatable bonds is 9. The first-order chi connectivity index (χ1) is 9.49. The van der Waals surface area contributed by atoms with Crippen LogP contribution in [-0.4, -0.2) is 36.9 Å². The fourth-order valence-electron chi connectivity index (χ4n) is 0.783. The monoisotopic (exact) mass is 283 g/mol. The first-order valence-corrected chi connectivity index (χ1v) is 6.14. The summed E-state index contributed by atoms with van der Waals surface area (Å²) in [6.45, 7) is 9.40. The highest BCUT2D eigenvalue weighted by Gasteiger charge is 2.07. The average Bonchev–Trinajstić information content (AvgIpc) is 2.44. The molecule has 0 unspecified atom stereocenters. The summed E-state index contributed by atoms with van der Waals surface area (Å²) < 4.78 is 9.96. The van der Waals surface area contributed by atoms with Crippen LogP contribution in [0.15, 0.2) is 24.8 Å². The molecule has 1 N–H and O–H groups in total. The molecule has 0 fully saturated rings. The molecule has 0 aliphatic carbocycles. The zero-order valence-electron chi connectivity index (χ0n) is 11.8. The number of nitrogens with zero attached hydrogens (tertiary/aromatic N) is 1. The van der Waals surface area contributed by atoms with E-state index in [0.29, 0.717) is 25.2 Å². The number of carboxylic acids is 1. The highest BCUT2D eigenvalue weighted by molar-refractivity contribution is 5.87. The van der Waals surface area contributed by atoms with Crippen molar-refractivity contribution in [1.29, 1.82) is 5.26 Å². The lowest BCUT2D eigenvalue weighted by Gasteiger charge is -2.06. The van der Waals surface area contributed by atoms with Gasteiger partial charge in [0.1, 0.15) is 0 Å². The Labute approximate surface area is 119 Å². The van der Waals surface area contributed by atoms with Gasteiger partial charge in [-0.1, -0.05) is 26.5 Å². The summed E-state index contributed by atoms with van der Waals surface area (Å²) in [6, 6.07) is 1.94. The van der Waals surface area contributed by atoms with Crippen molar-refractivity contribution in [2.24, 2.45) is 0 Å². The van der Waals surface area contributed by atoms with Gasteiger partial charge in [0.15, 0.2) is 0 Å². The standard InChI is InChI=1S/C11H17NO3.C3H4O2/c1-3-4-8-15-11(13)10(2)9-14-7-5-6-12;1-2-3(4)5/h2-5,7-9H2,1H3;2H,1H2,(H,4,5). The number of carbonyl (C=O) groups is 2. The van der Waals surface area contributed by atoms with Gasteiger partial charge in [0.2, 0.25) is 0 Å². The first kappa shape index (κ1) is 20.2. The number of hydrogen-bond donors (Lipinski definition) is 1. The topological polar surface area (TPSA) is 96.6 Å². The number of esters is 1. The van der Waals surface area contributed by atoms with Crippen LogP contribution in [0.25, 0.3) is 0 Å². The number of ether oxygens (including phenoxy) is 2. The van der Waals surface area contributed by atoms with Gasteiger partial charge in [-0.05, 0) is 6.42 Å². The van der Waals surface area contributed by atoms with E-state index >= 15 is 0 Å². The molecule has 0 aromatic carbocycles. The highest BCUT2D eigenvalue weighted by atomic mass is 16.5. The molecule has 0 radical (unpaired) electrons. The molecule has 112 valence electrons. The SMILES string of the molecule is C=C(COCCC#N)C(=O)OCCCC.C=CC(=O)O. The summed E-state index contributed by atoms with van der Waals surface area (Å²) in [6.07, 6.45) is 2.99. The maximum absolute atomic E-state index is 11.2. The van der Waals surface area contributed by atoms with Gasteiger partial charge >= 0.3 is 11.9 Å². The normalized spacial score (nSPS) is 8.60. The van der Waals surface area contributed by atoms with Crippen molar-refractivity contribution in [2.45, 2.75) is 26.2 Å². The Kier molecular flexibility index (Phi) is 15.1. The molecule has 0 saturated heterocycles. The summed E-state index contributed by atoms with van der Waals surface area (Å²) in [5.74, 6) is -1.40. The molecule has 0 spiro atoms. The minimum Gasteiger partial charge on any atom is -0.478 e. The third kappa shape index (κ3) is 15.9. The van der Waals surface area contributed by atoms with Crippen molar-refractivity contribution < 1.29 is 24.2 Å². The Hall–Kier alpha value is -2.13. The van der Waals surface area contributed by atoms with Crippen molar-refractivity contribution in [3.8, 4) is 6.07 Å². The second kappa shape index (κ2) is 14.9. The van der Waals surface area contributed by atoms with E-state index in [-0.39, 0.29) is 6.61 Å². The third-order valence-electron chi connectivity index (χ3n) is 1.83. The number of nitriles is 1. The van der Waals surface area contributed by atoms with E-state index in [4.69, 9.17) is 19.8 Å². The molecule has 0 bridgehead atoms. The lowest BCUT2D eigenvalue weighted by Crippen LogP contribution is -2.12. The number of aliphatic carboxylic acids is 1. The average molecular weight is 283 g/mol. The predicted molar refractivity (Wildman–Crippen MR) is 73.9 cm³/mol. The Morgan fingerprint density at radius 1 is 1.40 bits per heavy atom. The van der Waals surface area contributed by atoms with Gasteiger partial charge in [-0.25, -0.2) is 9.59 Å². The van der Waals surface area contributed by atoms with Crippen LogP contribution in [0.3, 0.4) is 0 Å². The van der Waals surface area contributed by atoms with Gasteiger partial charge in [0.25, 0.3) is 0 Å². The van der Waals surface area contributed by atoms with E-state index in [2.05, 4.69) is 13.2 Å². The number of hydrogen-bond acceptors (Lipinski definition) is 5. The fourth-order valence-corrected chi connectivity index (χ4v) is 0.783. The molecule has 0 atom stereocenters. The predicted octanol–water partition coefficient (Wildman–Crippen LogP) is 2.07. The molecule has 0 rings (SSSR count). The van der Waals surface area contributed by atoms with Crippen LogP contribution in [0, 0.1) is 11.3 Å². The Morgan fingerprint density at radius 3 is 2.45 bits per heavy atom. The molecular formula is C14H21NO5. The van der Waals surface area contributed by atoms with Crippen molar-refractivity contribution >= 4 is 11.9 Å². The second-order valence-corrected chi connectivity index (χ2v) is 3.60. The molecule has 20 heavy (non-hydrogen) atoms. The van der Waals surface area contributed by atoms with Crippen LogP contribution in [0.1, 0.15) is 26.2 Å². The minimum atomic E-state index is -0.981. The first-order valence-electron chi connectivity index (χ1n) is 6.14. The summed E-state index contributed by atoms with van der Waals surface area (Å²) in [4.78, 5) is 20.5. The van der Waals surface area contributed by atoms with Gasteiger partial charge in [0, 0.05) is 6.08 Å². The van der Waals surface area contributed by atoms with E-state index in [1.807, 2.05) is 13.0 Å². The van der Waals surface area contributed by atoms with Crippen molar-refractivity contribution in [3.63, 3.8) is 0 Å². The van der Waals surface area contributed by atoms with Gasteiger partial charge in [0.05, 0.1) is 37.9 Å². The molecule has 0 heterocycles. The molecule has 0 saturated carbocycles. The number of carboxylic acid groups (broad SMARTS) is 1. The van der Waals surface area contributed by atoms with Gasteiger partial charge in [-0.15, -0.1) is 0 Å². The third-order valence-corrected chi connectivity index (χ3v) is 1.83. The van der Waals surface area contributed by atoms with E-state index in [0.717, 1.165) is 18.9 Å². The van der Waals surface area contributed by atoms with Gasteiger partial charge in [-0.3, -0.25) is 0 Å². The van der Waals surface area contributed by atoms with Gasteiger partial charge < -0.3 is 14.6 Å². The molecule has 0 aliphatic rings. The molecule has 0 aromatic rings. The maximum Gasteiger partial charge on any atom is 0.335 e. The fraction of sp³-hybridized carbons (Fsp3) is 0.500. The molecule has 6 heteroatoms. The lowest BCUT2D eigenvalue weighted by atomic mass is 10.3. The molecule has 6 nitrogen and oxygen atoms in total. The molecule has 0 aliphatic heterocycles. The van der Waals surface area contributed by atoms with Crippen LogP contribution < -0.4 is 0 Å². The largest absolute Gasteiger partial charge is 0.478 e. The van der Waals surface area contributed by atoms with E-state index in [1.165, 1.54) is 0 Å². The van der Waals surface area contributed by atoms with Gasteiger partial charge in [-0.2, -0.15) is 5.26 Å². The lowest BCUT2D eigenvalue weighted by molar-refractivity contribution is -0.139. The summed E-state index contributed by atoms with van der Waals surface area (Å²) >= 11 is 0. The molecule has 0 aromatic heterocycles.